The minimum atomic E-state index is -0.220. The maximum absolute atomic E-state index is 13.5. The molecule has 138 valence electrons. The normalized spacial score (nSPS) is 15.9. The maximum Gasteiger partial charge on any atom is 0.258 e. The lowest BCUT2D eigenvalue weighted by Gasteiger charge is -2.38. The summed E-state index contributed by atoms with van der Waals surface area (Å²) in [6, 6.07) is 19.1. The summed E-state index contributed by atoms with van der Waals surface area (Å²) < 4.78 is 13.2. The summed E-state index contributed by atoms with van der Waals surface area (Å²) in [5.41, 5.74) is 2.62. The highest BCUT2D eigenvalue weighted by Crippen LogP contribution is 2.38. The molecule has 0 spiro atoms. The lowest BCUT2D eigenvalue weighted by molar-refractivity contribution is 0.0658. The molecule has 5 nitrogen and oxygen atoms in total. The minimum absolute atomic E-state index is 0.0455. The van der Waals surface area contributed by atoms with Crippen LogP contribution >= 0.6 is 0 Å². The number of ether oxygens (including phenoxy) is 2. The Kier molecular flexibility index (Phi) is 4.59. The molecule has 1 aromatic heterocycles. The number of fused-ring (bicyclic) bond motifs is 1. The van der Waals surface area contributed by atoms with E-state index in [9.17, 15) is 4.79 Å². The van der Waals surface area contributed by atoms with Gasteiger partial charge in [-0.25, -0.2) is 0 Å². The number of benzene rings is 2. The Morgan fingerprint density at radius 2 is 1.59 bits per heavy atom. The average molecular weight is 362 g/mol. The van der Waals surface area contributed by atoms with Crippen LogP contribution in [0.15, 0.2) is 66.9 Å². The van der Waals surface area contributed by atoms with Crippen LogP contribution in [0.1, 0.15) is 27.7 Å². The van der Waals surface area contributed by atoms with Crippen molar-refractivity contribution < 1.29 is 14.3 Å². The summed E-state index contributed by atoms with van der Waals surface area (Å²) in [5, 5.41) is 0. The van der Waals surface area contributed by atoms with Gasteiger partial charge < -0.3 is 18.9 Å². The zero-order valence-corrected chi connectivity index (χ0v) is 15.5. The van der Waals surface area contributed by atoms with E-state index in [1.54, 1.807) is 14.2 Å². The lowest BCUT2D eigenvalue weighted by Crippen LogP contribution is -2.42. The summed E-state index contributed by atoms with van der Waals surface area (Å²) in [6.45, 7) is 1.37. The molecule has 0 aliphatic carbocycles. The van der Waals surface area contributed by atoms with Crippen molar-refractivity contribution in [2.45, 2.75) is 12.6 Å². The van der Waals surface area contributed by atoms with Crippen LogP contribution in [0.3, 0.4) is 0 Å². The van der Waals surface area contributed by atoms with E-state index < -0.39 is 0 Å². The highest BCUT2D eigenvalue weighted by Gasteiger charge is 2.35. The first-order valence-electron chi connectivity index (χ1n) is 8.96. The molecule has 0 saturated carbocycles. The van der Waals surface area contributed by atoms with Crippen molar-refractivity contribution in [1.82, 2.24) is 9.47 Å². The number of carbonyl (C=O) groups excluding carboxylic acids is 1. The molecule has 0 fully saturated rings. The van der Waals surface area contributed by atoms with Crippen LogP contribution in [0, 0.1) is 0 Å². The third kappa shape index (κ3) is 2.95. The molecule has 5 heteroatoms. The van der Waals surface area contributed by atoms with Crippen molar-refractivity contribution in [3.05, 3.63) is 83.7 Å². The first-order chi connectivity index (χ1) is 13.2. The van der Waals surface area contributed by atoms with Gasteiger partial charge in [-0.3, -0.25) is 4.79 Å². The van der Waals surface area contributed by atoms with Gasteiger partial charge in [0.15, 0.2) is 0 Å². The number of amides is 1. The molecule has 0 radical (unpaired) electrons. The van der Waals surface area contributed by atoms with E-state index in [0.717, 1.165) is 23.6 Å². The fourth-order valence-corrected chi connectivity index (χ4v) is 3.80. The monoisotopic (exact) mass is 362 g/mol. The molecule has 4 rings (SSSR count). The van der Waals surface area contributed by atoms with Crippen LogP contribution in [0.2, 0.25) is 0 Å². The van der Waals surface area contributed by atoms with Crippen LogP contribution in [-0.2, 0) is 6.54 Å². The van der Waals surface area contributed by atoms with E-state index in [1.807, 2.05) is 59.5 Å². The Morgan fingerprint density at radius 1 is 0.889 bits per heavy atom. The van der Waals surface area contributed by atoms with Crippen LogP contribution in [0.4, 0.5) is 0 Å². The number of hydrogen-bond acceptors (Lipinski definition) is 3. The van der Waals surface area contributed by atoms with Gasteiger partial charge in [-0.2, -0.15) is 0 Å². The van der Waals surface area contributed by atoms with E-state index in [-0.39, 0.29) is 11.9 Å². The summed E-state index contributed by atoms with van der Waals surface area (Å²) in [7, 11) is 3.25. The Balaban J connectivity index is 1.83. The molecule has 0 saturated heterocycles. The number of rotatable bonds is 4. The van der Waals surface area contributed by atoms with Crippen LogP contribution in [0.25, 0.3) is 0 Å². The fourth-order valence-electron chi connectivity index (χ4n) is 3.80. The quantitative estimate of drug-likeness (QED) is 0.710. The van der Waals surface area contributed by atoms with Crippen LogP contribution in [0.5, 0.6) is 11.5 Å². The highest BCUT2D eigenvalue weighted by atomic mass is 16.5. The molecule has 2 heterocycles. The summed E-state index contributed by atoms with van der Waals surface area (Å²) >= 11 is 0. The molecule has 1 aliphatic rings. The molecule has 0 bridgehead atoms. The van der Waals surface area contributed by atoms with Crippen LogP contribution < -0.4 is 9.47 Å². The van der Waals surface area contributed by atoms with Crippen molar-refractivity contribution >= 4 is 5.91 Å². The van der Waals surface area contributed by atoms with E-state index in [0.29, 0.717) is 17.9 Å². The number of methoxy groups -OCH3 is 2. The second-order valence-corrected chi connectivity index (χ2v) is 6.47. The molecule has 1 amide bonds. The third-order valence-electron chi connectivity index (χ3n) is 5.07. The third-order valence-corrected chi connectivity index (χ3v) is 5.07. The second-order valence-electron chi connectivity index (χ2n) is 6.47. The van der Waals surface area contributed by atoms with Gasteiger partial charge in [0, 0.05) is 30.5 Å². The SMILES string of the molecule is COc1ccccc1C(=O)N1CCn2cccc2C1c1ccccc1OC. The molecule has 2 aromatic carbocycles. The average Bonchev–Trinajstić information content (AvgIpc) is 3.21. The number of carbonyl (C=O) groups is 1. The Morgan fingerprint density at radius 3 is 2.37 bits per heavy atom. The van der Waals surface area contributed by atoms with E-state index in [1.165, 1.54) is 0 Å². The van der Waals surface area contributed by atoms with Gasteiger partial charge in [0.2, 0.25) is 0 Å². The summed E-state index contributed by atoms with van der Waals surface area (Å²) in [5.74, 6) is 1.31. The van der Waals surface area contributed by atoms with Gasteiger partial charge in [-0.1, -0.05) is 30.3 Å². The maximum atomic E-state index is 13.5. The predicted octanol–water partition coefficient (Wildman–Crippen LogP) is 3.75. The molecular weight excluding hydrogens is 340 g/mol. The van der Waals surface area contributed by atoms with Gasteiger partial charge in [-0.05, 0) is 30.3 Å². The Hall–Kier alpha value is -3.21. The number of hydrogen-bond donors (Lipinski definition) is 0. The Labute approximate surface area is 158 Å². The largest absolute Gasteiger partial charge is 0.496 e. The first-order valence-corrected chi connectivity index (χ1v) is 8.96. The molecule has 3 aromatic rings. The van der Waals surface area contributed by atoms with Gasteiger partial charge in [0.1, 0.15) is 17.5 Å². The zero-order chi connectivity index (χ0) is 18.8. The zero-order valence-electron chi connectivity index (χ0n) is 15.5. The predicted molar refractivity (Wildman–Crippen MR) is 103 cm³/mol. The minimum Gasteiger partial charge on any atom is -0.496 e. The lowest BCUT2D eigenvalue weighted by atomic mass is 9.97. The Bertz CT molecular complexity index is 963. The second kappa shape index (κ2) is 7.19. The van der Waals surface area contributed by atoms with Gasteiger partial charge in [0.25, 0.3) is 5.91 Å². The molecule has 0 N–H and O–H groups in total. The standard InChI is InChI=1S/C22H22N2O3/c1-26-19-11-5-3-8-16(19)21-18-10-7-13-23(18)14-15-24(21)22(25)17-9-4-6-12-20(17)27-2/h3-13,21H,14-15H2,1-2H3. The van der Waals surface area contributed by atoms with Gasteiger partial charge >= 0.3 is 0 Å². The van der Waals surface area contributed by atoms with Crippen molar-refractivity contribution in [3.63, 3.8) is 0 Å². The first kappa shape index (κ1) is 17.2. The van der Waals surface area contributed by atoms with E-state index >= 15 is 0 Å². The smallest absolute Gasteiger partial charge is 0.258 e. The van der Waals surface area contributed by atoms with E-state index in [4.69, 9.17) is 9.47 Å². The van der Waals surface area contributed by atoms with Gasteiger partial charge in [0.05, 0.1) is 19.8 Å². The number of aromatic nitrogens is 1. The topological polar surface area (TPSA) is 43.7 Å². The van der Waals surface area contributed by atoms with Gasteiger partial charge in [-0.15, -0.1) is 0 Å². The fraction of sp³-hybridized carbons (Fsp3) is 0.227. The molecule has 1 atom stereocenters. The summed E-state index contributed by atoms with van der Waals surface area (Å²) in [6.07, 6.45) is 2.06. The molecule has 1 unspecified atom stereocenters. The van der Waals surface area contributed by atoms with Crippen molar-refractivity contribution in [2.24, 2.45) is 0 Å². The molecule has 27 heavy (non-hydrogen) atoms. The van der Waals surface area contributed by atoms with Crippen molar-refractivity contribution in [3.8, 4) is 11.5 Å². The van der Waals surface area contributed by atoms with E-state index in [2.05, 4.69) is 16.8 Å². The summed E-state index contributed by atoms with van der Waals surface area (Å²) in [4.78, 5) is 15.4. The highest BCUT2D eigenvalue weighted by molar-refractivity contribution is 5.97. The van der Waals surface area contributed by atoms with Crippen LogP contribution in [-0.4, -0.2) is 36.1 Å². The van der Waals surface area contributed by atoms with Crippen molar-refractivity contribution in [1.29, 1.82) is 0 Å². The molecule has 1 aliphatic heterocycles. The number of nitrogens with zero attached hydrogens (tertiary/aromatic N) is 2. The number of para-hydroxylation sites is 2. The van der Waals surface area contributed by atoms with Crippen molar-refractivity contribution in [2.75, 3.05) is 20.8 Å². The molecular formula is C22H22N2O3.